The first-order valence-electron chi connectivity index (χ1n) is 9.20. The first-order valence-corrected chi connectivity index (χ1v) is 11.0. The molecule has 0 aromatic carbocycles. The number of amides is 2. The van der Waals surface area contributed by atoms with Gasteiger partial charge in [0.1, 0.15) is 10.9 Å². The molecule has 1 fully saturated rings. The predicted molar refractivity (Wildman–Crippen MR) is 106 cm³/mol. The van der Waals surface area contributed by atoms with Gasteiger partial charge in [0.15, 0.2) is 5.16 Å². The first-order chi connectivity index (χ1) is 13.0. The molecule has 0 radical (unpaired) electrons. The summed E-state index contributed by atoms with van der Waals surface area (Å²) in [5.74, 6) is -0.444. The Morgan fingerprint density at radius 1 is 1.30 bits per heavy atom. The summed E-state index contributed by atoms with van der Waals surface area (Å²) in [4.78, 5) is 45.4. The van der Waals surface area contributed by atoms with Gasteiger partial charge in [-0.2, -0.15) is 0 Å². The second-order valence-corrected chi connectivity index (χ2v) is 9.11. The minimum atomic E-state index is -0.522. The van der Waals surface area contributed by atoms with Gasteiger partial charge in [-0.05, 0) is 44.1 Å². The van der Waals surface area contributed by atoms with E-state index in [4.69, 9.17) is 5.73 Å². The van der Waals surface area contributed by atoms with E-state index in [-0.39, 0.29) is 17.2 Å². The maximum Gasteiger partial charge on any atom is 0.262 e. The number of carbonyl (C=O) groups excluding carboxylic acids is 2. The lowest BCUT2D eigenvalue weighted by molar-refractivity contribution is -0.138. The molecule has 1 saturated heterocycles. The fourth-order valence-electron chi connectivity index (χ4n) is 3.97. The minimum absolute atomic E-state index is 0.0395. The number of piperidine rings is 1. The van der Waals surface area contributed by atoms with Crippen molar-refractivity contribution in [3.05, 3.63) is 20.8 Å². The third-order valence-electron chi connectivity index (χ3n) is 5.38. The normalized spacial score (nSPS) is 19.4. The quantitative estimate of drug-likeness (QED) is 0.612. The molecule has 9 heteroatoms. The molecule has 1 aliphatic carbocycles. The van der Waals surface area contributed by atoms with E-state index < -0.39 is 11.9 Å². The van der Waals surface area contributed by atoms with Crippen LogP contribution in [0.4, 0.5) is 0 Å². The van der Waals surface area contributed by atoms with Crippen molar-refractivity contribution >= 4 is 45.1 Å². The van der Waals surface area contributed by atoms with Crippen LogP contribution in [0.25, 0.3) is 10.2 Å². The van der Waals surface area contributed by atoms with Gasteiger partial charge in [-0.3, -0.25) is 19.0 Å². The Balaban J connectivity index is 1.55. The smallest absolute Gasteiger partial charge is 0.262 e. The molecule has 4 rings (SSSR count). The largest absolute Gasteiger partial charge is 0.368 e. The second kappa shape index (κ2) is 7.27. The lowest BCUT2D eigenvalue weighted by Crippen LogP contribution is -2.51. The van der Waals surface area contributed by atoms with Gasteiger partial charge in [-0.25, -0.2) is 4.98 Å². The molecule has 1 atom stereocenters. The number of fused-ring (bicyclic) bond motifs is 3. The molecule has 0 unspecified atom stereocenters. The van der Waals surface area contributed by atoms with Crippen molar-refractivity contribution < 1.29 is 9.59 Å². The Labute approximate surface area is 164 Å². The van der Waals surface area contributed by atoms with Gasteiger partial charge in [-0.15, -0.1) is 11.3 Å². The maximum absolute atomic E-state index is 12.8. The number of hydrogen-bond acceptors (Lipinski definition) is 6. The molecule has 2 aromatic rings. The lowest BCUT2D eigenvalue weighted by Gasteiger charge is -2.33. The van der Waals surface area contributed by atoms with Crippen molar-refractivity contribution in [1.82, 2.24) is 14.5 Å². The number of primary amides is 1. The fourth-order valence-corrected chi connectivity index (χ4v) is 6.13. The number of aryl methyl sites for hydroxylation is 2. The van der Waals surface area contributed by atoms with Crippen molar-refractivity contribution in [2.24, 2.45) is 12.8 Å². The van der Waals surface area contributed by atoms with Crippen molar-refractivity contribution in [3.8, 4) is 0 Å². The standard InChI is InChI=1S/C18H22N4O3S2/c1-21-17(25)14-10-5-4-7-12(10)27-16(14)20-18(21)26-9-13(23)22-8-3-2-6-11(22)15(19)24/h11H,2-9H2,1H3,(H2,19,24)/t11-/m1/s1. The molecule has 0 bridgehead atoms. The van der Waals surface area contributed by atoms with Gasteiger partial charge in [0.25, 0.3) is 5.56 Å². The summed E-state index contributed by atoms with van der Waals surface area (Å²) < 4.78 is 1.54. The molecule has 7 nitrogen and oxygen atoms in total. The topological polar surface area (TPSA) is 98.3 Å². The van der Waals surface area contributed by atoms with Crippen LogP contribution in [-0.2, 0) is 29.5 Å². The molecule has 27 heavy (non-hydrogen) atoms. The average Bonchev–Trinajstić information content (AvgIpc) is 3.23. The summed E-state index contributed by atoms with van der Waals surface area (Å²) in [6.07, 6.45) is 5.46. The van der Waals surface area contributed by atoms with Gasteiger partial charge in [-0.1, -0.05) is 11.8 Å². The highest BCUT2D eigenvalue weighted by Crippen LogP contribution is 2.35. The Morgan fingerprint density at radius 3 is 2.89 bits per heavy atom. The van der Waals surface area contributed by atoms with Crippen molar-refractivity contribution in [2.45, 2.75) is 49.7 Å². The number of thiophene rings is 1. The van der Waals surface area contributed by atoms with Crippen LogP contribution < -0.4 is 11.3 Å². The van der Waals surface area contributed by atoms with E-state index >= 15 is 0 Å². The number of hydrogen-bond donors (Lipinski definition) is 1. The molecule has 1 aliphatic heterocycles. The van der Waals surface area contributed by atoms with Crippen LogP contribution in [0.1, 0.15) is 36.1 Å². The van der Waals surface area contributed by atoms with E-state index in [2.05, 4.69) is 4.98 Å². The van der Waals surface area contributed by atoms with Crippen LogP contribution in [0.2, 0.25) is 0 Å². The van der Waals surface area contributed by atoms with Gasteiger partial charge >= 0.3 is 0 Å². The highest BCUT2D eigenvalue weighted by atomic mass is 32.2. The van der Waals surface area contributed by atoms with E-state index in [0.29, 0.717) is 18.1 Å². The molecule has 2 N–H and O–H groups in total. The van der Waals surface area contributed by atoms with E-state index in [1.54, 1.807) is 23.3 Å². The van der Waals surface area contributed by atoms with Crippen LogP contribution in [-0.4, -0.2) is 44.6 Å². The molecule has 0 spiro atoms. The second-order valence-electron chi connectivity index (χ2n) is 7.09. The maximum atomic E-state index is 12.8. The van der Waals surface area contributed by atoms with Crippen LogP contribution in [0.5, 0.6) is 0 Å². The fraction of sp³-hybridized carbons (Fsp3) is 0.556. The Bertz CT molecular complexity index is 981. The number of nitrogens with zero attached hydrogens (tertiary/aromatic N) is 3. The summed E-state index contributed by atoms with van der Waals surface area (Å²) >= 11 is 2.84. The first kappa shape index (κ1) is 18.5. The zero-order valence-electron chi connectivity index (χ0n) is 15.2. The highest BCUT2D eigenvalue weighted by Gasteiger charge is 2.30. The molecule has 3 heterocycles. The molecular weight excluding hydrogens is 384 g/mol. The summed E-state index contributed by atoms with van der Waals surface area (Å²) in [5, 5.41) is 1.28. The van der Waals surface area contributed by atoms with E-state index in [0.717, 1.165) is 47.9 Å². The summed E-state index contributed by atoms with van der Waals surface area (Å²) in [6, 6.07) is -0.522. The number of rotatable bonds is 4. The van der Waals surface area contributed by atoms with Crippen LogP contribution in [0.3, 0.4) is 0 Å². The Hall–Kier alpha value is -1.87. The van der Waals surface area contributed by atoms with Gasteiger partial charge in [0.05, 0.1) is 11.1 Å². The number of thioether (sulfide) groups is 1. The van der Waals surface area contributed by atoms with Crippen molar-refractivity contribution in [1.29, 1.82) is 0 Å². The van der Waals surface area contributed by atoms with E-state index in [9.17, 15) is 14.4 Å². The average molecular weight is 407 g/mol. The third kappa shape index (κ3) is 3.27. The number of likely N-dealkylation sites (tertiary alicyclic amines) is 1. The summed E-state index contributed by atoms with van der Waals surface area (Å²) in [5.41, 5.74) is 6.57. The number of nitrogens with two attached hydrogens (primary N) is 1. The van der Waals surface area contributed by atoms with Crippen LogP contribution >= 0.6 is 23.1 Å². The molecular formula is C18H22N4O3S2. The Morgan fingerprint density at radius 2 is 2.11 bits per heavy atom. The van der Waals surface area contributed by atoms with Crippen molar-refractivity contribution in [3.63, 3.8) is 0 Å². The zero-order chi connectivity index (χ0) is 19.1. The molecule has 2 amide bonds. The van der Waals surface area contributed by atoms with Crippen molar-refractivity contribution in [2.75, 3.05) is 12.3 Å². The molecule has 144 valence electrons. The van der Waals surface area contributed by atoms with Crippen LogP contribution in [0, 0.1) is 0 Å². The SMILES string of the molecule is Cn1c(SCC(=O)N2CCCC[C@@H]2C(N)=O)nc2sc3c(c2c1=O)CCC3. The van der Waals surface area contributed by atoms with Gasteiger partial charge in [0, 0.05) is 18.5 Å². The Kier molecular flexibility index (Phi) is 4.98. The lowest BCUT2D eigenvalue weighted by atomic mass is 10.0. The number of aromatic nitrogens is 2. The van der Waals surface area contributed by atoms with E-state index in [1.165, 1.54) is 21.2 Å². The van der Waals surface area contributed by atoms with Crippen LogP contribution in [0.15, 0.2) is 9.95 Å². The molecule has 0 saturated carbocycles. The highest BCUT2D eigenvalue weighted by molar-refractivity contribution is 7.99. The third-order valence-corrected chi connectivity index (χ3v) is 7.58. The van der Waals surface area contributed by atoms with Gasteiger partial charge < -0.3 is 10.6 Å². The van der Waals surface area contributed by atoms with Gasteiger partial charge in [0.2, 0.25) is 11.8 Å². The monoisotopic (exact) mass is 406 g/mol. The zero-order valence-corrected chi connectivity index (χ0v) is 16.8. The number of carbonyl (C=O) groups is 2. The van der Waals surface area contributed by atoms with E-state index in [1.807, 2.05) is 0 Å². The summed E-state index contributed by atoms with van der Waals surface area (Å²) in [6.45, 7) is 0.552. The predicted octanol–water partition coefficient (Wildman–Crippen LogP) is 1.44. The summed E-state index contributed by atoms with van der Waals surface area (Å²) in [7, 11) is 1.70. The minimum Gasteiger partial charge on any atom is -0.368 e. The molecule has 2 aliphatic rings. The molecule has 2 aromatic heterocycles.